The molecule has 4 heteroatoms. The summed E-state index contributed by atoms with van der Waals surface area (Å²) in [6, 6.07) is 5.33. The molecule has 22 heavy (non-hydrogen) atoms. The molecule has 0 radical (unpaired) electrons. The lowest BCUT2D eigenvalue weighted by molar-refractivity contribution is -0.128. The standard InChI is InChI=1S/C18H22O4/c1-6-13-11(2)14-8-7-12(9-15(14)22-17(13)20)21-10-16(19)18(3,4)5/h7-9H,6,10H2,1-5H3. The predicted octanol–water partition coefficient (Wildman–Crippen LogP) is 3.66. The van der Waals surface area contributed by atoms with Gasteiger partial charge in [-0.2, -0.15) is 0 Å². The zero-order chi connectivity index (χ0) is 16.5. The highest BCUT2D eigenvalue weighted by Gasteiger charge is 2.21. The molecule has 0 N–H and O–H groups in total. The Morgan fingerprint density at radius 3 is 2.55 bits per heavy atom. The SMILES string of the molecule is CCc1c(C)c2ccc(OCC(=O)C(C)(C)C)cc2oc1=O. The minimum atomic E-state index is -0.434. The summed E-state index contributed by atoms with van der Waals surface area (Å²) in [6.45, 7) is 9.42. The van der Waals surface area contributed by atoms with Crippen LogP contribution in [0.3, 0.4) is 0 Å². The predicted molar refractivity (Wildman–Crippen MR) is 86.6 cm³/mol. The number of ketones is 1. The summed E-state index contributed by atoms with van der Waals surface area (Å²) < 4.78 is 10.9. The van der Waals surface area contributed by atoms with Crippen LogP contribution in [0.25, 0.3) is 11.0 Å². The number of rotatable bonds is 4. The van der Waals surface area contributed by atoms with Crippen LogP contribution in [0.15, 0.2) is 27.4 Å². The summed E-state index contributed by atoms with van der Waals surface area (Å²) in [5.74, 6) is 0.545. The molecule has 0 aliphatic heterocycles. The fraction of sp³-hybridized carbons (Fsp3) is 0.444. The van der Waals surface area contributed by atoms with E-state index in [0.29, 0.717) is 23.3 Å². The highest BCUT2D eigenvalue weighted by Crippen LogP contribution is 2.25. The number of benzene rings is 1. The van der Waals surface area contributed by atoms with Crippen molar-refractivity contribution in [3.63, 3.8) is 0 Å². The molecule has 0 unspecified atom stereocenters. The summed E-state index contributed by atoms with van der Waals surface area (Å²) in [5.41, 5.74) is 1.38. The lowest BCUT2D eigenvalue weighted by Gasteiger charge is -2.17. The third kappa shape index (κ3) is 3.21. The van der Waals surface area contributed by atoms with Crippen molar-refractivity contribution in [2.45, 2.75) is 41.0 Å². The van der Waals surface area contributed by atoms with Gasteiger partial charge in [0.2, 0.25) is 0 Å². The third-order valence-electron chi connectivity index (χ3n) is 3.82. The molecule has 0 saturated carbocycles. The van der Waals surface area contributed by atoms with Crippen molar-refractivity contribution < 1.29 is 13.9 Å². The number of Topliss-reactive ketones (excluding diaryl/α,β-unsaturated/α-hetero) is 1. The van der Waals surface area contributed by atoms with E-state index in [1.54, 1.807) is 12.1 Å². The second-order valence-corrected chi connectivity index (χ2v) is 6.47. The third-order valence-corrected chi connectivity index (χ3v) is 3.82. The zero-order valence-electron chi connectivity index (χ0n) is 13.8. The quantitative estimate of drug-likeness (QED) is 0.809. The Hall–Kier alpha value is -2.10. The number of hydrogen-bond acceptors (Lipinski definition) is 4. The van der Waals surface area contributed by atoms with Crippen LogP contribution in [0.4, 0.5) is 0 Å². The van der Waals surface area contributed by atoms with Crippen LogP contribution in [0, 0.1) is 12.3 Å². The first-order chi connectivity index (χ1) is 10.2. The molecule has 1 aromatic heterocycles. The first-order valence-corrected chi connectivity index (χ1v) is 7.46. The number of ether oxygens (including phenoxy) is 1. The van der Waals surface area contributed by atoms with Gasteiger partial charge in [0.25, 0.3) is 0 Å². The van der Waals surface area contributed by atoms with Crippen LogP contribution in [0.1, 0.15) is 38.8 Å². The average Bonchev–Trinajstić information content (AvgIpc) is 2.43. The summed E-state index contributed by atoms with van der Waals surface area (Å²) in [6.07, 6.45) is 0.641. The largest absolute Gasteiger partial charge is 0.486 e. The zero-order valence-corrected chi connectivity index (χ0v) is 13.8. The summed E-state index contributed by atoms with van der Waals surface area (Å²) in [7, 11) is 0. The molecular formula is C18H22O4. The van der Waals surface area contributed by atoms with Crippen LogP contribution in [-0.2, 0) is 11.2 Å². The van der Waals surface area contributed by atoms with Crippen LogP contribution >= 0.6 is 0 Å². The summed E-state index contributed by atoms with van der Waals surface area (Å²) >= 11 is 0. The first kappa shape index (κ1) is 16.3. The van der Waals surface area contributed by atoms with Crippen molar-refractivity contribution in [1.82, 2.24) is 0 Å². The molecule has 0 aliphatic carbocycles. The fourth-order valence-corrected chi connectivity index (χ4v) is 2.24. The van der Waals surface area contributed by atoms with Crippen molar-refractivity contribution >= 4 is 16.8 Å². The molecule has 0 aliphatic rings. The second kappa shape index (κ2) is 5.95. The van der Waals surface area contributed by atoms with E-state index in [0.717, 1.165) is 10.9 Å². The van der Waals surface area contributed by atoms with Gasteiger partial charge in [-0.05, 0) is 31.0 Å². The Balaban J connectivity index is 2.32. The molecule has 0 saturated heterocycles. The molecule has 0 bridgehead atoms. The van der Waals surface area contributed by atoms with Gasteiger partial charge in [-0.3, -0.25) is 4.79 Å². The van der Waals surface area contributed by atoms with Crippen LogP contribution < -0.4 is 10.4 Å². The van der Waals surface area contributed by atoms with Crippen molar-refractivity contribution in [3.05, 3.63) is 39.7 Å². The maximum atomic E-state index is 11.9. The van der Waals surface area contributed by atoms with Crippen molar-refractivity contribution in [2.24, 2.45) is 5.41 Å². The lowest BCUT2D eigenvalue weighted by Crippen LogP contribution is -2.26. The Labute approximate surface area is 130 Å². The van der Waals surface area contributed by atoms with Crippen LogP contribution in [0.2, 0.25) is 0 Å². The van der Waals surface area contributed by atoms with E-state index in [9.17, 15) is 9.59 Å². The number of hydrogen-bond donors (Lipinski definition) is 0. The minimum absolute atomic E-state index is 0.00522. The Morgan fingerprint density at radius 2 is 1.95 bits per heavy atom. The molecule has 1 aromatic carbocycles. The van der Waals surface area contributed by atoms with Gasteiger partial charge < -0.3 is 9.15 Å². The van der Waals surface area contributed by atoms with E-state index in [2.05, 4.69) is 0 Å². The lowest BCUT2D eigenvalue weighted by atomic mass is 9.91. The van der Waals surface area contributed by atoms with Gasteiger partial charge in [0.05, 0.1) is 0 Å². The van der Waals surface area contributed by atoms with Gasteiger partial charge in [-0.1, -0.05) is 27.7 Å². The van der Waals surface area contributed by atoms with Gasteiger partial charge in [0.15, 0.2) is 5.78 Å². The normalized spacial score (nSPS) is 11.7. The van der Waals surface area contributed by atoms with E-state index in [-0.39, 0.29) is 18.0 Å². The molecule has 2 aromatic rings. The van der Waals surface area contributed by atoms with E-state index in [1.165, 1.54) is 0 Å². The molecule has 118 valence electrons. The monoisotopic (exact) mass is 302 g/mol. The molecule has 1 heterocycles. The highest BCUT2D eigenvalue weighted by atomic mass is 16.5. The van der Waals surface area contributed by atoms with Crippen molar-refractivity contribution in [3.8, 4) is 5.75 Å². The van der Waals surface area contributed by atoms with Crippen LogP contribution in [-0.4, -0.2) is 12.4 Å². The summed E-state index contributed by atoms with van der Waals surface area (Å²) in [4.78, 5) is 23.8. The fourth-order valence-electron chi connectivity index (χ4n) is 2.24. The van der Waals surface area contributed by atoms with Crippen molar-refractivity contribution in [1.29, 1.82) is 0 Å². The summed E-state index contributed by atoms with van der Waals surface area (Å²) in [5, 5.41) is 0.894. The van der Waals surface area contributed by atoms with E-state index in [1.807, 2.05) is 40.7 Å². The maximum Gasteiger partial charge on any atom is 0.339 e. The highest BCUT2D eigenvalue weighted by molar-refractivity contribution is 5.85. The van der Waals surface area contributed by atoms with Crippen LogP contribution in [0.5, 0.6) is 5.75 Å². The van der Waals surface area contributed by atoms with Gasteiger partial charge in [-0.15, -0.1) is 0 Å². The number of fused-ring (bicyclic) bond motifs is 1. The topological polar surface area (TPSA) is 56.5 Å². The van der Waals surface area contributed by atoms with Gasteiger partial charge in [0, 0.05) is 22.4 Å². The smallest absolute Gasteiger partial charge is 0.339 e. The Kier molecular flexibility index (Phi) is 4.40. The molecular weight excluding hydrogens is 280 g/mol. The molecule has 4 nitrogen and oxygen atoms in total. The van der Waals surface area contributed by atoms with E-state index >= 15 is 0 Å². The Morgan fingerprint density at radius 1 is 1.27 bits per heavy atom. The number of carbonyl (C=O) groups excluding carboxylic acids is 1. The number of carbonyl (C=O) groups is 1. The molecule has 0 fully saturated rings. The number of aryl methyl sites for hydroxylation is 1. The van der Waals surface area contributed by atoms with Gasteiger partial charge >= 0.3 is 5.63 Å². The molecule has 0 spiro atoms. The van der Waals surface area contributed by atoms with Gasteiger partial charge in [0.1, 0.15) is 17.9 Å². The van der Waals surface area contributed by atoms with Gasteiger partial charge in [-0.25, -0.2) is 4.79 Å². The average molecular weight is 302 g/mol. The molecule has 0 amide bonds. The molecule has 2 rings (SSSR count). The minimum Gasteiger partial charge on any atom is -0.486 e. The Bertz CT molecular complexity index is 763. The molecule has 0 atom stereocenters. The van der Waals surface area contributed by atoms with E-state index in [4.69, 9.17) is 9.15 Å². The second-order valence-electron chi connectivity index (χ2n) is 6.47. The maximum absolute atomic E-state index is 11.9. The van der Waals surface area contributed by atoms with Crippen molar-refractivity contribution in [2.75, 3.05) is 6.61 Å². The first-order valence-electron chi connectivity index (χ1n) is 7.46. The van der Waals surface area contributed by atoms with E-state index < -0.39 is 5.41 Å².